The van der Waals surface area contributed by atoms with Crippen molar-refractivity contribution >= 4 is 40.5 Å². The summed E-state index contributed by atoms with van der Waals surface area (Å²) < 4.78 is 1.62. The van der Waals surface area contributed by atoms with Gasteiger partial charge in [-0.3, -0.25) is 4.79 Å². The van der Waals surface area contributed by atoms with Crippen LogP contribution in [0.3, 0.4) is 0 Å². The molecule has 10 heteroatoms. The topological polar surface area (TPSA) is 110 Å². The molecule has 3 aromatic heterocycles. The number of nitrogens with one attached hydrogen (secondary N) is 1. The first-order valence-electron chi connectivity index (χ1n) is 8.27. The SMILES string of the molecule is O=C(Nc1csc(-c2cnn(-c3ccc(Cl)cc3)c2)c1C(=O)O)c1ccnnc1. The van der Waals surface area contributed by atoms with Crippen molar-refractivity contribution in [1.29, 1.82) is 0 Å². The van der Waals surface area contributed by atoms with Crippen LogP contribution in [0.2, 0.25) is 5.02 Å². The van der Waals surface area contributed by atoms with Crippen LogP contribution in [0.15, 0.2) is 60.5 Å². The van der Waals surface area contributed by atoms with E-state index in [1.165, 1.54) is 29.8 Å². The molecule has 0 radical (unpaired) electrons. The van der Waals surface area contributed by atoms with Crippen LogP contribution in [-0.2, 0) is 0 Å². The Balaban J connectivity index is 1.66. The molecule has 144 valence electrons. The van der Waals surface area contributed by atoms with Crippen molar-refractivity contribution in [3.8, 4) is 16.1 Å². The van der Waals surface area contributed by atoms with Gasteiger partial charge in [0.1, 0.15) is 5.56 Å². The van der Waals surface area contributed by atoms with E-state index in [0.29, 0.717) is 15.5 Å². The molecule has 0 unspecified atom stereocenters. The average molecular weight is 426 g/mol. The van der Waals surface area contributed by atoms with Crippen LogP contribution in [-0.4, -0.2) is 37.0 Å². The van der Waals surface area contributed by atoms with Gasteiger partial charge in [0, 0.05) is 22.2 Å². The molecule has 0 atom stereocenters. The summed E-state index contributed by atoms with van der Waals surface area (Å²) in [5, 5.41) is 26.1. The molecule has 4 rings (SSSR count). The van der Waals surface area contributed by atoms with Gasteiger partial charge in [-0.2, -0.15) is 15.3 Å². The molecule has 4 aromatic rings. The van der Waals surface area contributed by atoms with E-state index < -0.39 is 11.9 Å². The Morgan fingerprint density at radius 1 is 1.10 bits per heavy atom. The molecule has 0 aliphatic carbocycles. The Labute approximate surface area is 173 Å². The zero-order valence-corrected chi connectivity index (χ0v) is 16.2. The van der Waals surface area contributed by atoms with Crippen LogP contribution in [0, 0.1) is 0 Å². The number of carbonyl (C=O) groups excluding carboxylic acids is 1. The van der Waals surface area contributed by atoms with Gasteiger partial charge in [-0.1, -0.05) is 11.6 Å². The van der Waals surface area contributed by atoms with Crippen LogP contribution in [0.25, 0.3) is 16.1 Å². The molecule has 0 spiro atoms. The molecule has 0 bridgehead atoms. The Kier molecular flexibility index (Phi) is 5.07. The fourth-order valence-electron chi connectivity index (χ4n) is 2.67. The van der Waals surface area contributed by atoms with Crippen molar-refractivity contribution in [2.45, 2.75) is 0 Å². The summed E-state index contributed by atoms with van der Waals surface area (Å²) in [4.78, 5) is 24.7. The quantitative estimate of drug-likeness (QED) is 0.500. The van der Waals surface area contributed by atoms with Gasteiger partial charge >= 0.3 is 5.97 Å². The average Bonchev–Trinajstić information content (AvgIpc) is 3.36. The summed E-state index contributed by atoms with van der Waals surface area (Å²) in [5.41, 5.74) is 1.89. The number of hydrogen-bond acceptors (Lipinski definition) is 6. The normalized spacial score (nSPS) is 10.7. The minimum atomic E-state index is -1.15. The summed E-state index contributed by atoms with van der Waals surface area (Å²) in [6.45, 7) is 0. The summed E-state index contributed by atoms with van der Waals surface area (Å²) in [7, 11) is 0. The summed E-state index contributed by atoms with van der Waals surface area (Å²) in [5.74, 6) is -1.62. The lowest BCUT2D eigenvalue weighted by Gasteiger charge is -2.05. The molecule has 3 heterocycles. The fraction of sp³-hybridized carbons (Fsp3) is 0. The molecule has 8 nitrogen and oxygen atoms in total. The third-order valence-electron chi connectivity index (χ3n) is 4.04. The molecule has 29 heavy (non-hydrogen) atoms. The van der Waals surface area contributed by atoms with Gasteiger partial charge in [-0.15, -0.1) is 11.3 Å². The van der Waals surface area contributed by atoms with E-state index in [1.807, 2.05) is 0 Å². The third-order valence-corrected chi connectivity index (χ3v) is 5.32. The minimum Gasteiger partial charge on any atom is -0.478 e. The standard InChI is InChI=1S/C19H12ClN5O3S/c20-13-1-3-14(4-2-13)25-9-12(8-23-25)17-16(19(27)28)15(10-29-17)24-18(26)11-5-6-21-22-7-11/h1-10H,(H,24,26)(H,27,28). The van der Waals surface area contributed by atoms with E-state index in [9.17, 15) is 14.7 Å². The molecule has 0 aliphatic heterocycles. The van der Waals surface area contributed by atoms with E-state index in [2.05, 4.69) is 20.6 Å². The monoisotopic (exact) mass is 425 g/mol. The van der Waals surface area contributed by atoms with Crippen LogP contribution in [0.1, 0.15) is 20.7 Å². The van der Waals surface area contributed by atoms with E-state index in [0.717, 1.165) is 5.69 Å². The second-order valence-electron chi connectivity index (χ2n) is 5.89. The lowest BCUT2D eigenvalue weighted by atomic mass is 10.1. The second kappa shape index (κ2) is 7.82. The molecule has 0 aliphatic rings. The fourth-order valence-corrected chi connectivity index (χ4v) is 3.76. The van der Waals surface area contributed by atoms with Gasteiger partial charge in [-0.25, -0.2) is 9.48 Å². The van der Waals surface area contributed by atoms with Crippen molar-refractivity contribution in [2.24, 2.45) is 0 Å². The van der Waals surface area contributed by atoms with Gasteiger partial charge in [0.25, 0.3) is 5.91 Å². The van der Waals surface area contributed by atoms with Gasteiger partial charge in [-0.05, 0) is 30.3 Å². The molecule has 0 saturated heterocycles. The van der Waals surface area contributed by atoms with Crippen molar-refractivity contribution in [3.63, 3.8) is 0 Å². The molecule has 0 fully saturated rings. The lowest BCUT2D eigenvalue weighted by Crippen LogP contribution is -2.14. The summed E-state index contributed by atoms with van der Waals surface area (Å²) >= 11 is 7.12. The molecular weight excluding hydrogens is 414 g/mol. The number of aromatic nitrogens is 4. The lowest BCUT2D eigenvalue weighted by molar-refractivity contribution is 0.0699. The van der Waals surface area contributed by atoms with E-state index in [-0.39, 0.29) is 16.8 Å². The van der Waals surface area contributed by atoms with Gasteiger partial charge in [0.15, 0.2) is 0 Å². The number of thiophene rings is 1. The van der Waals surface area contributed by atoms with Crippen LogP contribution in [0.5, 0.6) is 0 Å². The highest BCUT2D eigenvalue weighted by Crippen LogP contribution is 2.36. The van der Waals surface area contributed by atoms with E-state index in [4.69, 9.17) is 11.6 Å². The first-order chi connectivity index (χ1) is 14.0. The maximum atomic E-state index is 12.4. The van der Waals surface area contributed by atoms with Crippen LogP contribution in [0.4, 0.5) is 5.69 Å². The molecule has 2 N–H and O–H groups in total. The maximum Gasteiger partial charge on any atom is 0.339 e. The van der Waals surface area contributed by atoms with E-state index in [1.54, 1.807) is 46.7 Å². The van der Waals surface area contributed by atoms with Crippen molar-refractivity contribution in [1.82, 2.24) is 20.0 Å². The molecule has 1 amide bonds. The maximum absolute atomic E-state index is 12.4. The minimum absolute atomic E-state index is 0.000946. The summed E-state index contributed by atoms with van der Waals surface area (Å²) in [6, 6.07) is 8.59. The zero-order chi connectivity index (χ0) is 20.4. The van der Waals surface area contributed by atoms with Crippen molar-refractivity contribution < 1.29 is 14.7 Å². The second-order valence-corrected chi connectivity index (χ2v) is 7.21. The number of nitrogens with zero attached hydrogens (tertiary/aromatic N) is 4. The number of carboxylic acid groups (broad SMARTS) is 1. The highest BCUT2D eigenvalue weighted by atomic mass is 35.5. The number of anilines is 1. The highest BCUT2D eigenvalue weighted by molar-refractivity contribution is 7.14. The number of aromatic carboxylic acids is 1. The van der Waals surface area contributed by atoms with Crippen molar-refractivity contribution in [2.75, 3.05) is 5.32 Å². The number of carbonyl (C=O) groups is 2. The first-order valence-corrected chi connectivity index (χ1v) is 9.52. The van der Waals surface area contributed by atoms with Crippen LogP contribution >= 0.6 is 22.9 Å². The number of halogens is 1. The number of hydrogen-bond donors (Lipinski definition) is 2. The third kappa shape index (κ3) is 3.86. The Morgan fingerprint density at radius 2 is 1.90 bits per heavy atom. The predicted octanol–water partition coefficient (Wildman–Crippen LogP) is 3.99. The smallest absolute Gasteiger partial charge is 0.339 e. The van der Waals surface area contributed by atoms with E-state index >= 15 is 0 Å². The van der Waals surface area contributed by atoms with Gasteiger partial charge < -0.3 is 10.4 Å². The van der Waals surface area contributed by atoms with Crippen molar-refractivity contribution in [3.05, 3.63) is 76.6 Å². The number of rotatable bonds is 5. The van der Waals surface area contributed by atoms with Gasteiger partial charge in [0.2, 0.25) is 0 Å². The van der Waals surface area contributed by atoms with Crippen LogP contribution < -0.4 is 5.32 Å². The number of benzene rings is 1. The molecule has 0 saturated carbocycles. The molecule has 1 aromatic carbocycles. The summed E-state index contributed by atoms with van der Waals surface area (Å²) in [6.07, 6.45) is 5.99. The van der Waals surface area contributed by atoms with Gasteiger partial charge in [0.05, 0.1) is 40.4 Å². The zero-order valence-electron chi connectivity index (χ0n) is 14.6. The largest absolute Gasteiger partial charge is 0.478 e. The molecular formula is C19H12ClN5O3S. The first kappa shape index (κ1) is 18.8. The Hall–Kier alpha value is -3.56. The Bertz CT molecular complexity index is 1190. The highest BCUT2D eigenvalue weighted by Gasteiger charge is 2.22. The Morgan fingerprint density at radius 3 is 2.59 bits per heavy atom. The predicted molar refractivity (Wildman–Crippen MR) is 109 cm³/mol. The number of carboxylic acids is 1. The number of amides is 1.